The summed E-state index contributed by atoms with van der Waals surface area (Å²) in [4.78, 5) is 4.07. The first kappa shape index (κ1) is 13.1. The molecule has 0 aliphatic carbocycles. The fraction of sp³-hybridized carbons (Fsp3) is 0.286. The van der Waals surface area contributed by atoms with Crippen LogP contribution in [0.3, 0.4) is 0 Å². The average Bonchev–Trinajstić information content (AvgIpc) is 2.98. The van der Waals surface area contributed by atoms with Gasteiger partial charge in [0.05, 0.1) is 5.69 Å². The van der Waals surface area contributed by atoms with Gasteiger partial charge in [0, 0.05) is 33.0 Å². The number of nitrogens with zero attached hydrogens (tertiary/aromatic N) is 3. The van der Waals surface area contributed by atoms with Crippen molar-refractivity contribution in [2.75, 3.05) is 20.6 Å². The summed E-state index contributed by atoms with van der Waals surface area (Å²) in [6.07, 6.45) is 4.68. The van der Waals surface area contributed by atoms with E-state index in [1.807, 2.05) is 24.0 Å². The first-order valence-electron chi connectivity index (χ1n) is 6.31. The van der Waals surface area contributed by atoms with E-state index < -0.39 is 0 Å². The van der Waals surface area contributed by atoms with Crippen LogP contribution in [0.5, 0.6) is 0 Å². The van der Waals surface area contributed by atoms with Crippen molar-refractivity contribution in [3.05, 3.63) is 48.3 Å². The zero-order valence-electron chi connectivity index (χ0n) is 11.3. The maximum atomic E-state index is 4.20. The van der Waals surface area contributed by atoms with E-state index in [4.69, 9.17) is 0 Å². The summed E-state index contributed by atoms with van der Waals surface area (Å²) in [7, 11) is 3.62. The lowest BCUT2D eigenvalue weighted by atomic mass is 10.1. The third-order valence-corrected chi connectivity index (χ3v) is 2.87. The van der Waals surface area contributed by atoms with Gasteiger partial charge < -0.3 is 10.6 Å². The molecule has 19 heavy (non-hydrogen) atoms. The van der Waals surface area contributed by atoms with E-state index in [1.165, 1.54) is 5.56 Å². The summed E-state index contributed by atoms with van der Waals surface area (Å²) in [6, 6.07) is 10.3. The van der Waals surface area contributed by atoms with Gasteiger partial charge in [-0.25, -0.2) is 4.68 Å². The smallest absolute Gasteiger partial charge is 0.190 e. The molecule has 0 aliphatic heterocycles. The summed E-state index contributed by atoms with van der Waals surface area (Å²) in [5.41, 5.74) is 2.36. The normalized spacial score (nSPS) is 11.4. The second-order valence-electron chi connectivity index (χ2n) is 4.12. The molecule has 0 unspecified atom stereocenters. The van der Waals surface area contributed by atoms with Crippen molar-refractivity contribution in [1.82, 2.24) is 20.4 Å². The largest absolute Gasteiger partial charge is 0.359 e. The standard InChI is InChI=1S/C14H19N5/c1-15-14(16-2)17-10-8-12-4-6-13(7-5-12)19-11-3-9-18-19/h3-7,9,11H,8,10H2,1-2H3,(H2,15,16,17). The number of aromatic nitrogens is 2. The zero-order valence-corrected chi connectivity index (χ0v) is 11.3. The summed E-state index contributed by atoms with van der Waals surface area (Å²) in [5, 5.41) is 10.4. The molecule has 0 aliphatic rings. The molecule has 1 aromatic heterocycles. The molecule has 2 rings (SSSR count). The number of hydrogen-bond acceptors (Lipinski definition) is 2. The first-order valence-corrected chi connectivity index (χ1v) is 6.31. The van der Waals surface area contributed by atoms with Crippen LogP contribution in [0.25, 0.3) is 5.69 Å². The van der Waals surface area contributed by atoms with Crippen LogP contribution in [0.1, 0.15) is 5.56 Å². The van der Waals surface area contributed by atoms with Gasteiger partial charge in [0.15, 0.2) is 5.96 Å². The SMILES string of the molecule is CN=C(NC)NCCc1ccc(-n2cccn2)cc1. The molecular weight excluding hydrogens is 238 g/mol. The van der Waals surface area contributed by atoms with Crippen LogP contribution in [0.2, 0.25) is 0 Å². The van der Waals surface area contributed by atoms with Crippen LogP contribution in [-0.2, 0) is 6.42 Å². The Morgan fingerprint density at radius 1 is 1.32 bits per heavy atom. The molecule has 5 heteroatoms. The lowest BCUT2D eigenvalue weighted by Crippen LogP contribution is -2.35. The maximum absolute atomic E-state index is 4.20. The third kappa shape index (κ3) is 3.58. The lowest BCUT2D eigenvalue weighted by Gasteiger charge is -2.08. The molecule has 5 nitrogen and oxygen atoms in total. The molecule has 2 aromatic rings. The van der Waals surface area contributed by atoms with Gasteiger partial charge >= 0.3 is 0 Å². The molecule has 0 amide bonds. The molecule has 0 saturated carbocycles. The van der Waals surface area contributed by atoms with Gasteiger partial charge in [-0.15, -0.1) is 0 Å². The van der Waals surface area contributed by atoms with E-state index in [9.17, 15) is 0 Å². The van der Waals surface area contributed by atoms with Gasteiger partial charge in [-0.05, 0) is 30.2 Å². The van der Waals surface area contributed by atoms with E-state index in [0.717, 1.165) is 24.6 Å². The van der Waals surface area contributed by atoms with Gasteiger partial charge in [-0.2, -0.15) is 5.10 Å². The number of benzene rings is 1. The molecule has 1 heterocycles. The minimum atomic E-state index is 0.813. The van der Waals surface area contributed by atoms with Crippen molar-refractivity contribution in [2.24, 2.45) is 4.99 Å². The fourth-order valence-corrected chi connectivity index (χ4v) is 1.84. The Morgan fingerprint density at radius 3 is 2.68 bits per heavy atom. The predicted octanol–water partition coefficient (Wildman–Crippen LogP) is 1.21. The van der Waals surface area contributed by atoms with Gasteiger partial charge in [0.25, 0.3) is 0 Å². The molecule has 1 aromatic carbocycles. The number of hydrogen-bond donors (Lipinski definition) is 2. The Balaban J connectivity index is 1.89. The maximum Gasteiger partial charge on any atom is 0.190 e. The van der Waals surface area contributed by atoms with Crippen molar-refractivity contribution in [3.8, 4) is 5.69 Å². The van der Waals surface area contributed by atoms with Gasteiger partial charge in [0.2, 0.25) is 0 Å². The number of nitrogens with one attached hydrogen (secondary N) is 2. The van der Waals surface area contributed by atoms with Crippen LogP contribution in [0.15, 0.2) is 47.7 Å². The Kier molecular flexibility index (Phi) is 4.55. The molecule has 2 N–H and O–H groups in total. The Labute approximate surface area is 113 Å². The quantitative estimate of drug-likeness (QED) is 0.639. The minimum absolute atomic E-state index is 0.813. The van der Waals surface area contributed by atoms with Crippen molar-refractivity contribution in [1.29, 1.82) is 0 Å². The highest BCUT2D eigenvalue weighted by molar-refractivity contribution is 5.79. The van der Waals surface area contributed by atoms with Crippen molar-refractivity contribution in [3.63, 3.8) is 0 Å². The second kappa shape index (κ2) is 6.58. The number of guanidine groups is 1. The topological polar surface area (TPSA) is 54.2 Å². The van der Waals surface area contributed by atoms with Crippen LogP contribution in [0, 0.1) is 0 Å². The van der Waals surface area contributed by atoms with Crippen molar-refractivity contribution in [2.45, 2.75) is 6.42 Å². The Bertz CT molecular complexity index is 513. The molecule has 0 fully saturated rings. The van der Waals surface area contributed by atoms with E-state index in [1.54, 1.807) is 13.2 Å². The van der Waals surface area contributed by atoms with Crippen molar-refractivity contribution < 1.29 is 0 Å². The van der Waals surface area contributed by atoms with E-state index in [-0.39, 0.29) is 0 Å². The first-order chi connectivity index (χ1) is 9.33. The van der Waals surface area contributed by atoms with Crippen LogP contribution in [0.4, 0.5) is 0 Å². The number of aliphatic imine (C=N–C) groups is 1. The lowest BCUT2D eigenvalue weighted by molar-refractivity contribution is 0.831. The van der Waals surface area contributed by atoms with Gasteiger partial charge in [0.1, 0.15) is 0 Å². The third-order valence-electron chi connectivity index (χ3n) is 2.87. The highest BCUT2D eigenvalue weighted by Crippen LogP contribution is 2.08. The summed E-state index contributed by atoms with van der Waals surface area (Å²) in [5.74, 6) is 0.813. The van der Waals surface area contributed by atoms with Gasteiger partial charge in [-0.1, -0.05) is 12.1 Å². The molecule has 0 atom stereocenters. The summed E-state index contributed by atoms with van der Waals surface area (Å²) >= 11 is 0. The Morgan fingerprint density at radius 2 is 2.11 bits per heavy atom. The fourth-order valence-electron chi connectivity index (χ4n) is 1.84. The second-order valence-corrected chi connectivity index (χ2v) is 4.12. The van der Waals surface area contributed by atoms with Gasteiger partial charge in [-0.3, -0.25) is 4.99 Å². The zero-order chi connectivity index (χ0) is 13.5. The molecule has 0 spiro atoms. The van der Waals surface area contributed by atoms with Crippen molar-refractivity contribution >= 4 is 5.96 Å². The summed E-state index contributed by atoms with van der Waals surface area (Å²) in [6.45, 7) is 0.856. The molecule has 0 bridgehead atoms. The van der Waals surface area contributed by atoms with E-state index in [2.05, 4.69) is 45.0 Å². The van der Waals surface area contributed by atoms with Crippen LogP contribution < -0.4 is 10.6 Å². The Hall–Kier alpha value is -2.30. The van der Waals surface area contributed by atoms with Crippen LogP contribution in [-0.4, -0.2) is 36.4 Å². The average molecular weight is 257 g/mol. The highest BCUT2D eigenvalue weighted by atomic mass is 15.3. The van der Waals surface area contributed by atoms with E-state index in [0.29, 0.717) is 0 Å². The highest BCUT2D eigenvalue weighted by Gasteiger charge is 1.98. The minimum Gasteiger partial charge on any atom is -0.359 e. The van der Waals surface area contributed by atoms with Crippen LogP contribution >= 0.6 is 0 Å². The monoisotopic (exact) mass is 257 g/mol. The predicted molar refractivity (Wildman–Crippen MR) is 77.7 cm³/mol. The molecule has 0 saturated heterocycles. The molecular formula is C14H19N5. The van der Waals surface area contributed by atoms with E-state index >= 15 is 0 Å². The molecule has 100 valence electrons. The summed E-state index contributed by atoms with van der Waals surface area (Å²) < 4.78 is 1.85. The molecule has 0 radical (unpaired) electrons. The number of rotatable bonds is 4.